The molecule has 3 N–H and O–H groups in total. The zero-order chi connectivity index (χ0) is 20.1. The van der Waals surface area contributed by atoms with Gasteiger partial charge in [0.15, 0.2) is 17.2 Å². The molecule has 2 aliphatic heterocycles. The van der Waals surface area contributed by atoms with E-state index in [-0.39, 0.29) is 11.6 Å². The van der Waals surface area contributed by atoms with Crippen LogP contribution in [0.25, 0.3) is 0 Å². The quantitative estimate of drug-likeness (QED) is 0.661. The Morgan fingerprint density at radius 1 is 1.21 bits per heavy atom. The minimum Gasteiger partial charge on any atom is -0.383 e. The van der Waals surface area contributed by atoms with Gasteiger partial charge in [0.1, 0.15) is 11.9 Å². The second kappa shape index (κ2) is 8.79. The van der Waals surface area contributed by atoms with E-state index >= 15 is 0 Å². The molecule has 0 unspecified atom stereocenters. The highest BCUT2D eigenvalue weighted by Crippen LogP contribution is 2.23. The van der Waals surface area contributed by atoms with Crippen molar-refractivity contribution in [2.45, 2.75) is 19.3 Å². The first-order valence-electron chi connectivity index (χ1n) is 9.83. The molecule has 29 heavy (non-hydrogen) atoms. The fourth-order valence-corrected chi connectivity index (χ4v) is 3.34. The van der Waals surface area contributed by atoms with Gasteiger partial charge >= 0.3 is 0 Å². The zero-order valence-electron chi connectivity index (χ0n) is 16.1. The van der Waals surface area contributed by atoms with Crippen molar-refractivity contribution in [2.24, 2.45) is 5.92 Å². The first-order valence-corrected chi connectivity index (χ1v) is 9.83. The van der Waals surface area contributed by atoms with Gasteiger partial charge in [0.05, 0.1) is 18.1 Å². The van der Waals surface area contributed by atoms with Crippen molar-refractivity contribution in [2.75, 3.05) is 43.4 Å². The molecule has 2 fully saturated rings. The van der Waals surface area contributed by atoms with Gasteiger partial charge in [-0.15, -0.1) is 10.2 Å². The summed E-state index contributed by atoms with van der Waals surface area (Å²) in [7, 11) is 0. The fraction of sp³-hybridized carbons (Fsp3) is 0.474. The van der Waals surface area contributed by atoms with Crippen molar-refractivity contribution in [3.8, 4) is 6.07 Å². The van der Waals surface area contributed by atoms with Gasteiger partial charge in [0.2, 0.25) is 0 Å². The van der Waals surface area contributed by atoms with Crippen molar-refractivity contribution in [1.82, 2.24) is 30.4 Å². The van der Waals surface area contributed by atoms with Crippen molar-refractivity contribution in [3.63, 3.8) is 0 Å². The molecule has 0 radical (unpaired) electrons. The van der Waals surface area contributed by atoms with Crippen LogP contribution in [0.4, 0.5) is 17.3 Å². The number of rotatable bonds is 6. The smallest absolute Gasteiger partial charge is 0.276 e. The van der Waals surface area contributed by atoms with Crippen LogP contribution in [0, 0.1) is 17.2 Å². The maximum absolute atomic E-state index is 12.7. The number of likely N-dealkylation sites (tertiary alicyclic amines) is 1. The fourth-order valence-electron chi connectivity index (χ4n) is 3.34. The van der Waals surface area contributed by atoms with E-state index in [9.17, 15) is 4.79 Å². The summed E-state index contributed by atoms with van der Waals surface area (Å²) in [5, 5.41) is 27.0. The highest BCUT2D eigenvalue weighted by Gasteiger charge is 2.26. The molecular weight excluding hydrogens is 370 g/mol. The average molecular weight is 393 g/mol. The van der Waals surface area contributed by atoms with Crippen molar-refractivity contribution in [3.05, 3.63) is 29.8 Å². The van der Waals surface area contributed by atoms with Crippen molar-refractivity contribution >= 4 is 23.2 Å². The summed E-state index contributed by atoms with van der Waals surface area (Å²) in [5.74, 6) is 1.36. The number of amides is 1. The summed E-state index contributed by atoms with van der Waals surface area (Å²) >= 11 is 0. The van der Waals surface area contributed by atoms with Crippen LogP contribution in [0.15, 0.2) is 18.5 Å². The van der Waals surface area contributed by atoms with Crippen LogP contribution in [0.5, 0.6) is 0 Å². The Hall–Kier alpha value is -3.32. The molecule has 10 heteroatoms. The van der Waals surface area contributed by atoms with Gasteiger partial charge in [-0.05, 0) is 38.3 Å². The van der Waals surface area contributed by atoms with Gasteiger partial charge in [-0.3, -0.25) is 4.79 Å². The SMILES string of the molecule is N#Cc1cnc(Nc2cc(NCC3CCNCC3)c(C(=O)N3CCC3)nn2)cn1. The van der Waals surface area contributed by atoms with Gasteiger partial charge in [-0.1, -0.05) is 0 Å². The maximum atomic E-state index is 12.7. The van der Waals surface area contributed by atoms with E-state index in [2.05, 4.69) is 36.1 Å². The molecule has 0 aromatic carbocycles. The van der Waals surface area contributed by atoms with E-state index in [0.717, 1.165) is 52.0 Å². The molecule has 0 atom stereocenters. The average Bonchev–Trinajstić information content (AvgIpc) is 2.72. The van der Waals surface area contributed by atoms with Gasteiger partial charge in [0, 0.05) is 25.7 Å². The predicted octanol–water partition coefficient (Wildman–Crippen LogP) is 1.14. The molecule has 0 saturated carbocycles. The van der Waals surface area contributed by atoms with Crippen LogP contribution in [0.2, 0.25) is 0 Å². The van der Waals surface area contributed by atoms with Crippen LogP contribution in [0.1, 0.15) is 35.4 Å². The third-order valence-electron chi connectivity index (χ3n) is 5.20. The molecule has 2 aliphatic rings. The molecule has 150 valence electrons. The highest BCUT2D eigenvalue weighted by atomic mass is 16.2. The molecule has 0 aliphatic carbocycles. The minimum absolute atomic E-state index is 0.0960. The van der Waals surface area contributed by atoms with Crippen LogP contribution >= 0.6 is 0 Å². The van der Waals surface area contributed by atoms with E-state index in [1.807, 2.05) is 6.07 Å². The van der Waals surface area contributed by atoms with E-state index in [4.69, 9.17) is 5.26 Å². The van der Waals surface area contributed by atoms with Crippen LogP contribution in [-0.4, -0.2) is 63.7 Å². The molecule has 4 rings (SSSR count). The lowest BCUT2D eigenvalue weighted by Gasteiger charge is -2.31. The minimum atomic E-state index is -0.0960. The lowest BCUT2D eigenvalue weighted by molar-refractivity contribution is 0.0645. The number of nitrogens with one attached hydrogen (secondary N) is 3. The lowest BCUT2D eigenvalue weighted by Crippen LogP contribution is -2.42. The van der Waals surface area contributed by atoms with Crippen LogP contribution in [0.3, 0.4) is 0 Å². The molecular formula is C19H23N9O. The Balaban J connectivity index is 1.52. The molecule has 2 aromatic heterocycles. The topological polar surface area (TPSA) is 132 Å². The largest absolute Gasteiger partial charge is 0.383 e. The molecule has 2 saturated heterocycles. The molecule has 2 aromatic rings. The summed E-state index contributed by atoms with van der Waals surface area (Å²) in [6, 6.07) is 3.71. The lowest BCUT2D eigenvalue weighted by atomic mass is 9.98. The molecule has 0 bridgehead atoms. The Morgan fingerprint density at radius 3 is 2.69 bits per heavy atom. The second-order valence-corrected chi connectivity index (χ2v) is 7.24. The second-order valence-electron chi connectivity index (χ2n) is 7.24. The summed E-state index contributed by atoms with van der Waals surface area (Å²) in [6.45, 7) is 4.34. The summed E-state index contributed by atoms with van der Waals surface area (Å²) in [5.41, 5.74) is 1.25. The number of carbonyl (C=O) groups is 1. The number of piperidine rings is 1. The monoisotopic (exact) mass is 393 g/mol. The Morgan fingerprint density at radius 2 is 2.03 bits per heavy atom. The zero-order valence-corrected chi connectivity index (χ0v) is 16.1. The third kappa shape index (κ3) is 4.57. The number of nitrogens with zero attached hydrogens (tertiary/aromatic N) is 6. The van der Waals surface area contributed by atoms with Crippen molar-refractivity contribution in [1.29, 1.82) is 5.26 Å². The Labute approximate surface area is 168 Å². The number of hydrogen-bond acceptors (Lipinski definition) is 9. The Kier molecular flexibility index (Phi) is 5.76. The predicted molar refractivity (Wildman–Crippen MR) is 107 cm³/mol. The number of nitriles is 1. The summed E-state index contributed by atoms with van der Waals surface area (Å²) in [4.78, 5) is 22.6. The summed E-state index contributed by atoms with van der Waals surface area (Å²) < 4.78 is 0. The first-order chi connectivity index (χ1) is 14.2. The third-order valence-corrected chi connectivity index (χ3v) is 5.20. The standard InChI is InChI=1S/C19H23N9O/c20-9-14-11-24-17(12-22-14)25-16-8-15(23-10-13-2-4-21-5-3-13)18(27-26-16)19(29)28-6-1-7-28/h8,11-13,21H,1-7,10H2,(H2,23,24,25,26). The Bertz CT molecular complexity index is 899. The normalized spacial score (nSPS) is 16.6. The molecule has 1 amide bonds. The summed E-state index contributed by atoms with van der Waals surface area (Å²) in [6.07, 6.45) is 6.07. The maximum Gasteiger partial charge on any atom is 0.276 e. The number of carbonyl (C=O) groups excluding carboxylic acids is 1. The number of aromatic nitrogens is 4. The van der Waals surface area contributed by atoms with Gasteiger partial charge < -0.3 is 20.9 Å². The molecule has 0 spiro atoms. The van der Waals surface area contributed by atoms with E-state index < -0.39 is 0 Å². The van der Waals surface area contributed by atoms with E-state index in [1.165, 1.54) is 12.4 Å². The van der Waals surface area contributed by atoms with Gasteiger partial charge in [0.25, 0.3) is 5.91 Å². The van der Waals surface area contributed by atoms with Crippen LogP contribution < -0.4 is 16.0 Å². The van der Waals surface area contributed by atoms with Gasteiger partial charge in [-0.25, -0.2) is 9.97 Å². The highest BCUT2D eigenvalue weighted by molar-refractivity contribution is 5.98. The van der Waals surface area contributed by atoms with Crippen molar-refractivity contribution < 1.29 is 4.79 Å². The van der Waals surface area contributed by atoms with Gasteiger partial charge in [-0.2, -0.15) is 5.26 Å². The van der Waals surface area contributed by atoms with E-state index in [0.29, 0.717) is 28.9 Å². The van der Waals surface area contributed by atoms with Crippen LogP contribution in [-0.2, 0) is 0 Å². The molecule has 4 heterocycles. The van der Waals surface area contributed by atoms with E-state index in [1.54, 1.807) is 11.0 Å². The number of anilines is 3. The number of hydrogen-bond donors (Lipinski definition) is 3. The molecule has 10 nitrogen and oxygen atoms in total. The first kappa shape index (κ1) is 19.0.